The van der Waals surface area contributed by atoms with E-state index in [1.807, 2.05) is 0 Å². The predicted octanol–water partition coefficient (Wildman–Crippen LogP) is 3.04. The van der Waals surface area contributed by atoms with Crippen molar-refractivity contribution in [2.24, 2.45) is 5.92 Å². The summed E-state index contributed by atoms with van der Waals surface area (Å²) in [6, 6.07) is 3.17. The van der Waals surface area contributed by atoms with E-state index in [0.29, 0.717) is 11.3 Å². The van der Waals surface area contributed by atoms with Gasteiger partial charge in [0.05, 0.1) is 29.8 Å². The van der Waals surface area contributed by atoms with Crippen molar-refractivity contribution in [1.82, 2.24) is 24.1 Å². The minimum absolute atomic E-state index is 0.0401. The number of sulfonamides is 1. The number of fused-ring (bicyclic) bond motifs is 1. The first-order chi connectivity index (χ1) is 15.4. The third kappa shape index (κ3) is 5.21. The quantitative estimate of drug-likeness (QED) is 0.553. The van der Waals surface area contributed by atoms with Gasteiger partial charge in [-0.2, -0.15) is 13.2 Å². The molecule has 2 unspecified atom stereocenters. The first-order valence-electron chi connectivity index (χ1n) is 9.78. The smallest absolute Gasteiger partial charge is 0.339 e. The van der Waals surface area contributed by atoms with E-state index in [9.17, 15) is 30.4 Å². The number of nitrogens with zero attached hydrogens (tertiary/aromatic N) is 5. The van der Waals surface area contributed by atoms with Gasteiger partial charge in [0.15, 0.2) is 0 Å². The molecule has 0 spiro atoms. The highest BCUT2D eigenvalue weighted by atomic mass is 32.2. The molecule has 178 valence electrons. The van der Waals surface area contributed by atoms with E-state index in [4.69, 9.17) is 0 Å². The number of piperidine rings is 1. The predicted molar refractivity (Wildman–Crippen MR) is 109 cm³/mol. The number of pyridine rings is 1. The lowest BCUT2D eigenvalue weighted by molar-refractivity contribution is -0.177. The van der Waals surface area contributed by atoms with Crippen LogP contribution in [0.15, 0.2) is 36.8 Å². The van der Waals surface area contributed by atoms with Gasteiger partial charge in [0.25, 0.3) is 6.43 Å². The molecular weight excluding hydrogens is 471 g/mol. The summed E-state index contributed by atoms with van der Waals surface area (Å²) in [5.41, 5.74) is 0.781. The minimum Gasteiger partial charge on any atom is -0.339 e. The van der Waals surface area contributed by atoms with Crippen LogP contribution in [0.5, 0.6) is 0 Å². The lowest BCUT2D eigenvalue weighted by Crippen LogP contribution is -2.54. The molecule has 1 N–H and O–H groups in total. The van der Waals surface area contributed by atoms with Crippen LogP contribution < -0.4 is 9.62 Å². The Kier molecular flexibility index (Phi) is 5.99. The second kappa shape index (κ2) is 8.48. The van der Waals surface area contributed by atoms with E-state index in [1.54, 1.807) is 0 Å². The highest BCUT2D eigenvalue weighted by Crippen LogP contribution is 2.35. The van der Waals surface area contributed by atoms with Gasteiger partial charge in [0.1, 0.15) is 5.65 Å². The van der Waals surface area contributed by atoms with Gasteiger partial charge in [-0.3, -0.25) is 4.40 Å². The molecule has 2 atom stereocenters. The number of nitrogens with one attached hydrogen (secondary N) is 1. The normalized spacial score (nSPS) is 20.0. The van der Waals surface area contributed by atoms with Crippen molar-refractivity contribution in [2.45, 2.75) is 25.1 Å². The molecule has 8 nitrogen and oxygen atoms in total. The number of aromatic nitrogens is 4. The first kappa shape index (κ1) is 23.3. The highest BCUT2D eigenvalue weighted by Gasteiger charge is 2.45. The van der Waals surface area contributed by atoms with Gasteiger partial charge >= 0.3 is 6.18 Å². The summed E-state index contributed by atoms with van der Waals surface area (Å²) >= 11 is 0. The van der Waals surface area contributed by atoms with Gasteiger partial charge in [-0.1, -0.05) is 0 Å². The zero-order chi connectivity index (χ0) is 24.0. The maximum Gasteiger partial charge on any atom is 0.393 e. The molecule has 4 heterocycles. The second-order valence-electron chi connectivity index (χ2n) is 7.84. The van der Waals surface area contributed by atoms with Crippen molar-refractivity contribution in [3.8, 4) is 11.4 Å². The molecule has 0 amide bonds. The number of anilines is 1. The van der Waals surface area contributed by atoms with Gasteiger partial charge in [0, 0.05) is 37.1 Å². The van der Waals surface area contributed by atoms with Crippen LogP contribution in [0.1, 0.15) is 18.4 Å². The van der Waals surface area contributed by atoms with Gasteiger partial charge in [-0.25, -0.2) is 36.9 Å². The average Bonchev–Trinajstić information content (AvgIpc) is 3.15. The maximum atomic E-state index is 13.5. The SMILES string of the molecule is CS(=O)(=O)NC1CC(C(F)(F)F)CN(c2nccc(-c3cnc4ccc(C(F)F)cn34)n2)C1. The molecule has 3 aromatic heterocycles. The number of imidazole rings is 1. The Morgan fingerprint density at radius 2 is 1.91 bits per heavy atom. The van der Waals surface area contributed by atoms with E-state index in [1.165, 1.54) is 46.1 Å². The van der Waals surface area contributed by atoms with Gasteiger partial charge in [-0.15, -0.1) is 0 Å². The largest absolute Gasteiger partial charge is 0.393 e. The number of alkyl halides is 5. The van der Waals surface area contributed by atoms with E-state index < -0.39 is 47.6 Å². The van der Waals surface area contributed by atoms with Crippen molar-refractivity contribution in [1.29, 1.82) is 0 Å². The monoisotopic (exact) mass is 490 g/mol. The summed E-state index contributed by atoms with van der Waals surface area (Å²) in [5, 5.41) is 0. The van der Waals surface area contributed by atoms with Crippen LogP contribution >= 0.6 is 0 Å². The van der Waals surface area contributed by atoms with Crippen LogP contribution in [0.2, 0.25) is 0 Å². The molecule has 0 saturated carbocycles. The highest BCUT2D eigenvalue weighted by molar-refractivity contribution is 7.88. The molecule has 0 bridgehead atoms. The molecule has 0 radical (unpaired) electrons. The number of hydrogen-bond acceptors (Lipinski definition) is 6. The van der Waals surface area contributed by atoms with Crippen molar-refractivity contribution >= 4 is 21.6 Å². The first-order valence-corrected chi connectivity index (χ1v) is 11.7. The topological polar surface area (TPSA) is 92.5 Å². The van der Waals surface area contributed by atoms with Crippen LogP contribution in [0, 0.1) is 5.92 Å². The van der Waals surface area contributed by atoms with Crippen LogP contribution in [-0.4, -0.2) is 59.3 Å². The fraction of sp³-hybridized carbons (Fsp3) is 0.421. The number of halogens is 5. The fourth-order valence-corrected chi connectivity index (χ4v) is 4.62. The Balaban J connectivity index is 1.69. The molecule has 33 heavy (non-hydrogen) atoms. The Bertz CT molecular complexity index is 1260. The molecule has 1 aliphatic heterocycles. The minimum atomic E-state index is -4.54. The van der Waals surface area contributed by atoms with Crippen LogP contribution in [0.3, 0.4) is 0 Å². The molecule has 0 aliphatic carbocycles. The van der Waals surface area contributed by atoms with Crippen LogP contribution in [0.4, 0.5) is 27.9 Å². The number of rotatable bonds is 5. The Morgan fingerprint density at radius 3 is 2.58 bits per heavy atom. The lowest BCUT2D eigenvalue weighted by atomic mass is 9.94. The van der Waals surface area contributed by atoms with E-state index in [2.05, 4.69) is 19.7 Å². The van der Waals surface area contributed by atoms with Gasteiger partial charge in [0.2, 0.25) is 16.0 Å². The van der Waals surface area contributed by atoms with E-state index in [0.717, 1.165) is 6.26 Å². The molecular formula is C19H19F5N6O2S. The summed E-state index contributed by atoms with van der Waals surface area (Å²) in [5.74, 6) is -1.83. The Morgan fingerprint density at radius 1 is 1.15 bits per heavy atom. The summed E-state index contributed by atoms with van der Waals surface area (Å²) in [7, 11) is -3.74. The standard InChI is InChI=1S/C19H19F5N6O2S/c1-33(31,32)28-13-6-12(19(22,23)24)9-29(10-13)18-25-5-4-14(27-18)15-7-26-16-3-2-11(17(20)21)8-30(15)16/h2-5,7-8,12-13,17,28H,6,9-10H2,1H3. The molecule has 1 aliphatic rings. The van der Waals surface area contributed by atoms with Crippen molar-refractivity contribution < 1.29 is 30.4 Å². The summed E-state index contributed by atoms with van der Waals surface area (Å²) in [6.07, 6.45) is -2.79. The molecule has 3 aromatic rings. The van der Waals surface area contributed by atoms with E-state index >= 15 is 0 Å². The molecule has 1 fully saturated rings. The second-order valence-corrected chi connectivity index (χ2v) is 9.62. The molecule has 0 aromatic carbocycles. The zero-order valence-electron chi connectivity index (χ0n) is 17.2. The summed E-state index contributed by atoms with van der Waals surface area (Å²) in [6.45, 7) is -0.511. The van der Waals surface area contributed by atoms with Gasteiger partial charge < -0.3 is 4.90 Å². The molecule has 4 rings (SSSR count). The van der Waals surface area contributed by atoms with Crippen molar-refractivity contribution in [3.63, 3.8) is 0 Å². The lowest BCUT2D eigenvalue weighted by Gasteiger charge is -2.38. The fourth-order valence-electron chi connectivity index (χ4n) is 3.85. The summed E-state index contributed by atoms with van der Waals surface area (Å²) in [4.78, 5) is 13.8. The van der Waals surface area contributed by atoms with Crippen molar-refractivity contribution in [3.05, 3.63) is 42.4 Å². The van der Waals surface area contributed by atoms with Crippen LogP contribution in [0.25, 0.3) is 17.0 Å². The summed E-state index contributed by atoms with van der Waals surface area (Å²) < 4.78 is 93.6. The third-order valence-electron chi connectivity index (χ3n) is 5.26. The average molecular weight is 490 g/mol. The molecule has 1 saturated heterocycles. The Labute approximate surface area is 185 Å². The zero-order valence-corrected chi connectivity index (χ0v) is 18.0. The molecule has 14 heteroatoms. The van der Waals surface area contributed by atoms with E-state index in [-0.39, 0.29) is 23.8 Å². The van der Waals surface area contributed by atoms with Gasteiger partial charge in [-0.05, 0) is 24.6 Å². The Hall–Kier alpha value is -2.87. The number of hydrogen-bond donors (Lipinski definition) is 1. The third-order valence-corrected chi connectivity index (χ3v) is 6.02. The van der Waals surface area contributed by atoms with Crippen molar-refractivity contribution in [2.75, 3.05) is 24.2 Å². The maximum absolute atomic E-state index is 13.5. The van der Waals surface area contributed by atoms with Crippen LogP contribution in [-0.2, 0) is 10.0 Å².